The van der Waals surface area contributed by atoms with Crippen LogP contribution in [0.1, 0.15) is 54.9 Å². The molecule has 5 nitrogen and oxygen atoms in total. The fourth-order valence-electron chi connectivity index (χ4n) is 3.42. The number of nitrogens with zero attached hydrogens (tertiary/aromatic N) is 1. The Hall–Kier alpha value is -1.40. The zero-order chi connectivity index (χ0) is 19.3. The van der Waals surface area contributed by atoms with E-state index in [9.17, 15) is 4.79 Å². The molecule has 3 rings (SSSR count). The second-order valence-corrected chi connectivity index (χ2v) is 9.08. The molecule has 26 heavy (non-hydrogen) atoms. The van der Waals surface area contributed by atoms with Gasteiger partial charge in [0, 0.05) is 23.2 Å². The normalized spacial score (nSPS) is 31.1. The van der Waals surface area contributed by atoms with Crippen LogP contribution in [-0.2, 0) is 18.8 Å². The maximum atomic E-state index is 12.0. The molecule has 6 heteroatoms. The topological polar surface area (TPSA) is 57.1 Å². The van der Waals surface area contributed by atoms with Crippen LogP contribution >= 0.6 is 0 Å². The molecule has 0 N–H and O–H groups in total. The number of hydrogen-bond donors (Lipinski definition) is 0. The Kier molecular flexibility index (Phi) is 4.73. The number of hydrogen-bond acceptors (Lipinski definition) is 5. The van der Waals surface area contributed by atoms with Gasteiger partial charge in [0.1, 0.15) is 0 Å². The Bertz CT molecular complexity index is 674. The Labute approximate surface area is 157 Å². The zero-order valence-electron chi connectivity index (χ0n) is 17.0. The van der Waals surface area contributed by atoms with Crippen molar-refractivity contribution < 1.29 is 18.8 Å². The molecule has 0 aromatic carbocycles. The smallest absolute Gasteiger partial charge is 0.466 e. The van der Waals surface area contributed by atoms with Crippen molar-refractivity contribution in [2.75, 3.05) is 6.61 Å². The third-order valence-corrected chi connectivity index (χ3v) is 5.71. The van der Waals surface area contributed by atoms with Gasteiger partial charge in [0.15, 0.2) is 0 Å². The SMILES string of the molecule is CCOC(=O)C1CC1C1=CC(C)(C)C=C(B2OC(C)(C)C(C)(C)O2)C=N1. The van der Waals surface area contributed by atoms with Crippen molar-refractivity contribution >= 4 is 19.3 Å². The van der Waals surface area contributed by atoms with Crippen LogP contribution in [0.15, 0.2) is 28.3 Å². The summed E-state index contributed by atoms with van der Waals surface area (Å²) in [5, 5.41) is 0. The molecular weight excluding hydrogens is 329 g/mol. The van der Waals surface area contributed by atoms with Gasteiger partial charge in [-0.25, -0.2) is 0 Å². The van der Waals surface area contributed by atoms with Gasteiger partial charge in [0.2, 0.25) is 0 Å². The van der Waals surface area contributed by atoms with Crippen LogP contribution in [0.3, 0.4) is 0 Å². The molecule has 0 aromatic heterocycles. The van der Waals surface area contributed by atoms with E-state index in [0.29, 0.717) is 6.61 Å². The van der Waals surface area contributed by atoms with Crippen LogP contribution in [-0.4, -0.2) is 37.1 Å². The lowest BCUT2D eigenvalue weighted by molar-refractivity contribution is -0.144. The molecule has 3 aliphatic rings. The summed E-state index contributed by atoms with van der Waals surface area (Å²) < 4.78 is 17.5. The highest BCUT2D eigenvalue weighted by Crippen LogP contribution is 2.47. The summed E-state index contributed by atoms with van der Waals surface area (Å²) in [6, 6.07) is 0. The van der Waals surface area contributed by atoms with Crippen molar-refractivity contribution in [3.8, 4) is 0 Å². The molecule has 2 fully saturated rings. The van der Waals surface area contributed by atoms with Crippen LogP contribution in [0.5, 0.6) is 0 Å². The van der Waals surface area contributed by atoms with Gasteiger partial charge >= 0.3 is 13.1 Å². The molecule has 0 aromatic rings. The van der Waals surface area contributed by atoms with Crippen LogP contribution in [0.4, 0.5) is 0 Å². The molecular formula is C20H30BNO4. The van der Waals surface area contributed by atoms with Crippen molar-refractivity contribution in [3.63, 3.8) is 0 Å². The van der Waals surface area contributed by atoms with Crippen molar-refractivity contribution in [3.05, 3.63) is 23.3 Å². The zero-order valence-corrected chi connectivity index (χ0v) is 17.0. The van der Waals surface area contributed by atoms with Crippen molar-refractivity contribution in [2.45, 2.75) is 66.1 Å². The van der Waals surface area contributed by atoms with Gasteiger partial charge in [0.05, 0.1) is 23.7 Å². The quantitative estimate of drug-likeness (QED) is 0.567. The Morgan fingerprint density at radius 2 is 1.81 bits per heavy atom. The summed E-state index contributed by atoms with van der Waals surface area (Å²) in [5.41, 5.74) is 0.908. The average Bonchev–Trinajstić information content (AvgIpc) is 3.26. The van der Waals surface area contributed by atoms with E-state index in [1.54, 1.807) is 0 Å². The Morgan fingerprint density at radius 1 is 1.19 bits per heavy atom. The van der Waals surface area contributed by atoms with Crippen LogP contribution in [0, 0.1) is 17.3 Å². The lowest BCUT2D eigenvalue weighted by Crippen LogP contribution is -2.41. The predicted octanol–water partition coefficient (Wildman–Crippen LogP) is 3.74. The van der Waals surface area contributed by atoms with Crippen molar-refractivity contribution in [2.24, 2.45) is 22.2 Å². The van der Waals surface area contributed by atoms with Gasteiger partial charge in [-0.15, -0.1) is 0 Å². The van der Waals surface area contributed by atoms with Crippen LogP contribution in [0.2, 0.25) is 0 Å². The number of esters is 1. The first-order valence-electron chi connectivity index (χ1n) is 9.47. The summed E-state index contributed by atoms with van der Waals surface area (Å²) >= 11 is 0. The lowest BCUT2D eigenvalue weighted by Gasteiger charge is -2.32. The predicted molar refractivity (Wildman–Crippen MR) is 103 cm³/mol. The number of ether oxygens (including phenoxy) is 1. The molecule has 2 heterocycles. The van der Waals surface area contributed by atoms with Gasteiger partial charge in [-0.3, -0.25) is 9.79 Å². The van der Waals surface area contributed by atoms with Gasteiger partial charge in [0.25, 0.3) is 0 Å². The summed E-state index contributed by atoms with van der Waals surface area (Å²) in [7, 11) is -0.434. The minimum absolute atomic E-state index is 0.0625. The van der Waals surface area contributed by atoms with Crippen molar-refractivity contribution in [1.82, 2.24) is 0 Å². The fourth-order valence-corrected chi connectivity index (χ4v) is 3.42. The molecule has 2 unspecified atom stereocenters. The summed E-state index contributed by atoms with van der Waals surface area (Å²) in [4.78, 5) is 16.7. The van der Waals surface area contributed by atoms with Gasteiger partial charge in [-0.05, 0) is 46.5 Å². The molecule has 2 atom stereocenters. The first-order chi connectivity index (χ1) is 12.0. The molecule has 1 saturated heterocycles. The Morgan fingerprint density at radius 3 is 2.38 bits per heavy atom. The number of rotatable bonds is 4. The monoisotopic (exact) mass is 359 g/mol. The first-order valence-corrected chi connectivity index (χ1v) is 9.47. The molecule has 1 aliphatic carbocycles. The third kappa shape index (κ3) is 3.67. The maximum absolute atomic E-state index is 12.0. The number of aliphatic imine (C=N–C) groups is 1. The van der Waals surface area contributed by atoms with E-state index < -0.39 is 7.12 Å². The van der Waals surface area contributed by atoms with Gasteiger partial charge in [-0.1, -0.05) is 26.0 Å². The summed E-state index contributed by atoms with van der Waals surface area (Å²) in [6.45, 7) is 14.7. The molecule has 0 radical (unpaired) electrons. The van der Waals surface area contributed by atoms with E-state index >= 15 is 0 Å². The van der Waals surface area contributed by atoms with Crippen LogP contribution in [0.25, 0.3) is 0 Å². The van der Waals surface area contributed by atoms with E-state index in [-0.39, 0.29) is 34.4 Å². The number of carbonyl (C=O) groups excluding carboxylic acids is 1. The van der Waals surface area contributed by atoms with E-state index in [0.717, 1.165) is 17.6 Å². The second kappa shape index (κ2) is 6.34. The minimum Gasteiger partial charge on any atom is -0.466 e. The highest BCUT2D eigenvalue weighted by Gasteiger charge is 2.53. The van der Waals surface area contributed by atoms with E-state index in [2.05, 4.69) is 26.0 Å². The van der Waals surface area contributed by atoms with E-state index in [1.165, 1.54) is 0 Å². The molecule has 0 bridgehead atoms. The average molecular weight is 359 g/mol. The van der Waals surface area contributed by atoms with Crippen LogP contribution < -0.4 is 0 Å². The lowest BCUT2D eigenvalue weighted by atomic mass is 9.74. The standard InChI is InChI=1S/C20H30BNO4/c1-8-24-17(23)15-9-14(15)16-11-18(2,3)10-13(12-22-16)21-25-19(4,5)20(6,7)26-21/h10-12,14-15H,8-9H2,1-7H3. The van der Waals surface area contributed by atoms with E-state index in [4.69, 9.17) is 19.0 Å². The Balaban J connectivity index is 1.78. The highest BCUT2D eigenvalue weighted by molar-refractivity contribution is 6.60. The van der Waals surface area contributed by atoms with Gasteiger partial charge < -0.3 is 14.0 Å². The molecule has 1 saturated carbocycles. The molecule has 142 valence electrons. The summed E-state index contributed by atoms with van der Waals surface area (Å²) in [5.74, 6) is -0.0297. The maximum Gasteiger partial charge on any atom is 0.496 e. The molecule has 2 aliphatic heterocycles. The summed E-state index contributed by atoms with van der Waals surface area (Å²) in [6.07, 6.45) is 6.94. The highest BCUT2D eigenvalue weighted by atomic mass is 16.7. The van der Waals surface area contributed by atoms with Crippen molar-refractivity contribution in [1.29, 1.82) is 0 Å². The largest absolute Gasteiger partial charge is 0.496 e. The van der Waals surface area contributed by atoms with Gasteiger partial charge in [-0.2, -0.15) is 0 Å². The number of carbonyl (C=O) groups is 1. The number of allylic oxidation sites excluding steroid dienone is 4. The first kappa shape index (κ1) is 19.4. The second-order valence-electron chi connectivity index (χ2n) is 9.08. The molecule has 0 spiro atoms. The fraction of sp³-hybridized carbons (Fsp3) is 0.700. The minimum atomic E-state index is -0.434. The van der Waals surface area contributed by atoms with E-state index in [1.807, 2.05) is 40.8 Å². The molecule has 0 amide bonds. The third-order valence-electron chi connectivity index (χ3n) is 5.71.